The Balaban J connectivity index is 1.49. The number of fused-ring (bicyclic) bond motifs is 1. The van der Waals surface area contributed by atoms with Gasteiger partial charge in [0.1, 0.15) is 4.88 Å². The van der Waals surface area contributed by atoms with E-state index >= 15 is 0 Å². The second-order valence-corrected chi connectivity index (χ2v) is 8.05. The molecule has 0 bridgehead atoms. The number of carbonyl (C=O) groups excluding carboxylic acids is 1. The number of carbonyl (C=O) groups is 1. The maximum Gasteiger partial charge on any atom is 0.269 e. The Morgan fingerprint density at radius 3 is 2.79 bits per heavy atom. The summed E-state index contributed by atoms with van der Waals surface area (Å²) in [7, 11) is 0. The fraction of sp³-hybridized carbons (Fsp3) is 0.278. The van der Waals surface area contributed by atoms with E-state index in [2.05, 4.69) is 27.4 Å². The van der Waals surface area contributed by atoms with Gasteiger partial charge in [-0.05, 0) is 31.7 Å². The molecule has 0 fully saturated rings. The van der Waals surface area contributed by atoms with E-state index in [1.54, 1.807) is 11.3 Å². The third-order valence-corrected chi connectivity index (χ3v) is 6.29. The van der Waals surface area contributed by atoms with E-state index in [4.69, 9.17) is 0 Å². The van der Waals surface area contributed by atoms with Gasteiger partial charge in [-0.3, -0.25) is 10.1 Å². The standard InChI is InChI=1S/C18H17N3OS2/c1-11-16(24-15(19-11)10-12-6-3-2-4-7-12)17(22)21-18-20-13-8-5-9-14(13)23-18/h2-4,6-7H,5,8-10H2,1H3,(H,20,21,22). The first kappa shape index (κ1) is 15.5. The lowest BCUT2D eigenvalue weighted by Gasteiger charge is -1.99. The van der Waals surface area contributed by atoms with Gasteiger partial charge in [-0.1, -0.05) is 30.3 Å². The molecule has 0 atom stereocenters. The zero-order valence-electron chi connectivity index (χ0n) is 13.3. The molecule has 6 heteroatoms. The fourth-order valence-corrected chi connectivity index (χ4v) is 4.95. The van der Waals surface area contributed by atoms with Gasteiger partial charge in [0.2, 0.25) is 0 Å². The molecule has 2 heterocycles. The highest BCUT2D eigenvalue weighted by atomic mass is 32.1. The van der Waals surface area contributed by atoms with Crippen LogP contribution >= 0.6 is 22.7 Å². The lowest BCUT2D eigenvalue weighted by Crippen LogP contribution is -2.11. The lowest BCUT2D eigenvalue weighted by atomic mass is 10.2. The molecular weight excluding hydrogens is 338 g/mol. The van der Waals surface area contributed by atoms with Crippen LogP contribution in [-0.2, 0) is 19.3 Å². The van der Waals surface area contributed by atoms with E-state index in [1.165, 1.54) is 28.2 Å². The summed E-state index contributed by atoms with van der Waals surface area (Å²) < 4.78 is 0. The summed E-state index contributed by atoms with van der Waals surface area (Å²) >= 11 is 3.07. The average Bonchev–Trinajstić information content (AvgIpc) is 3.23. The van der Waals surface area contributed by atoms with E-state index in [9.17, 15) is 4.79 Å². The van der Waals surface area contributed by atoms with Crippen LogP contribution in [0.4, 0.5) is 5.13 Å². The highest BCUT2D eigenvalue weighted by Crippen LogP contribution is 2.31. The third-order valence-electron chi connectivity index (χ3n) is 4.06. The Morgan fingerprint density at radius 2 is 2.00 bits per heavy atom. The molecule has 1 aromatic carbocycles. The molecule has 4 nitrogen and oxygen atoms in total. The molecule has 1 N–H and O–H groups in total. The minimum Gasteiger partial charge on any atom is -0.297 e. The highest BCUT2D eigenvalue weighted by Gasteiger charge is 2.20. The van der Waals surface area contributed by atoms with Crippen molar-refractivity contribution >= 4 is 33.7 Å². The maximum atomic E-state index is 12.6. The molecule has 2 aromatic heterocycles. The van der Waals surface area contributed by atoms with Crippen LogP contribution < -0.4 is 5.32 Å². The van der Waals surface area contributed by atoms with Crippen molar-refractivity contribution in [3.63, 3.8) is 0 Å². The van der Waals surface area contributed by atoms with E-state index in [0.717, 1.165) is 35.7 Å². The Bertz CT molecular complexity index is 862. The highest BCUT2D eigenvalue weighted by molar-refractivity contribution is 7.16. The van der Waals surface area contributed by atoms with Crippen LogP contribution in [-0.4, -0.2) is 15.9 Å². The van der Waals surface area contributed by atoms with Gasteiger partial charge in [0.15, 0.2) is 5.13 Å². The Kier molecular flexibility index (Phi) is 4.16. The van der Waals surface area contributed by atoms with Gasteiger partial charge in [-0.25, -0.2) is 9.97 Å². The number of amides is 1. The molecule has 0 aliphatic heterocycles. The minimum atomic E-state index is -0.100. The zero-order valence-corrected chi connectivity index (χ0v) is 15.0. The number of aryl methyl sites for hydroxylation is 3. The first-order chi connectivity index (χ1) is 11.7. The van der Waals surface area contributed by atoms with Gasteiger partial charge in [0, 0.05) is 11.3 Å². The Morgan fingerprint density at radius 1 is 1.17 bits per heavy atom. The summed E-state index contributed by atoms with van der Waals surface area (Å²) in [5.41, 5.74) is 3.14. The second kappa shape index (κ2) is 6.45. The zero-order chi connectivity index (χ0) is 16.5. The van der Waals surface area contributed by atoms with Crippen LogP contribution in [0.3, 0.4) is 0 Å². The number of rotatable bonds is 4. The predicted molar refractivity (Wildman–Crippen MR) is 98.2 cm³/mol. The molecule has 24 heavy (non-hydrogen) atoms. The largest absolute Gasteiger partial charge is 0.297 e. The van der Waals surface area contributed by atoms with Crippen molar-refractivity contribution in [1.82, 2.24) is 9.97 Å². The van der Waals surface area contributed by atoms with Crippen LogP contribution in [0, 0.1) is 6.92 Å². The quantitative estimate of drug-likeness (QED) is 0.761. The molecule has 122 valence electrons. The van der Waals surface area contributed by atoms with Gasteiger partial charge in [-0.15, -0.1) is 22.7 Å². The average molecular weight is 355 g/mol. The first-order valence-electron chi connectivity index (χ1n) is 7.99. The van der Waals surface area contributed by atoms with Gasteiger partial charge in [-0.2, -0.15) is 0 Å². The van der Waals surface area contributed by atoms with Crippen molar-refractivity contribution in [2.24, 2.45) is 0 Å². The SMILES string of the molecule is Cc1nc(Cc2ccccc2)sc1C(=O)Nc1nc2c(s1)CCC2. The summed E-state index contributed by atoms with van der Waals surface area (Å²) in [4.78, 5) is 23.6. The van der Waals surface area contributed by atoms with Gasteiger partial charge < -0.3 is 0 Å². The molecule has 0 saturated heterocycles. The van der Waals surface area contributed by atoms with Gasteiger partial charge >= 0.3 is 0 Å². The number of nitrogens with zero attached hydrogens (tertiary/aromatic N) is 2. The second-order valence-electron chi connectivity index (χ2n) is 5.88. The van der Waals surface area contributed by atoms with E-state index in [0.29, 0.717) is 10.0 Å². The van der Waals surface area contributed by atoms with Gasteiger partial charge in [0.05, 0.1) is 16.4 Å². The number of aromatic nitrogens is 2. The Labute approximate surface area is 148 Å². The van der Waals surface area contributed by atoms with E-state index in [1.807, 2.05) is 25.1 Å². The summed E-state index contributed by atoms with van der Waals surface area (Å²) in [6.07, 6.45) is 4.05. The van der Waals surface area contributed by atoms with Gasteiger partial charge in [0.25, 0.3) is 5.91 Å². The summed E-state index contributed by atoms with van der Waals surface area (Å²) in [6, 6.07) is 10.2. The molecule has 0 unspecified atom stereocenters. The smallest absolute Gasteiger partial charge is 0.269 e. The topological polar surface area (TPSA) is 54.9 Å². The van der Waals surface area contributed by atoms with Crippen LogP contribution in [0.25, 0.3) is 0 Å². The molecule has 0 spiro atoms. The normalized spacial score (nSPS) is 13.0. The summed E-state index contributed by atoms with van der Waals surface area (Å²) in [6.45, 7) is 1.89. The summed E-state index contributed by atoms with van der Waals surface area (Å²) in [5, 5.41) is 4.62. The number of benzene rings is 1. The van der Waals surface area contributed by atoms with Crippen LogP contribution in [0.15, 0.2) is 30.3 Å². The molecule has 0 radical (unpaired) electrons. The number of nitrogens with one attached hydrogen (secondary N) is 1. The van der Waals surface area contributed by atoms with Crippen molar-refractivity contribution in [1.29, 1.82) is 0 Å². The number of hydrogen-bond acceptors (Lipinski definition) is 5. The molecule has 0 saturated carbocycles. The third kappa shape index (κ3) is 3.12. The maximum absolute atomic E-state index is 12.6. The van der Waals surface area contributed by atoms with Crippen molar-refractivity contribution in [3.8, 4) is 0 Å². The van der Waals surface area contributed by atoms with Crippen LogP contribution in [0.5, 0.6) is 0 Å². The number of hydrogen-bond donors (Lipinski definition) is 1. The van der Waals surface area contributed by atoms with Crippen molar-refractivity contribution in [2.75, 3.05) is 5.32 Å². The van der Waals surface area contributed by atoms with Crippen molar-refractivity contribution in [3.05, 3.63) is 62.0 Å². The van der Waals surface area contributed by atoms with Crippen molar-refractivity contribution < 1.29 is 4.79 Å². The summed E-state index contributed by atoms with van der Waals surface area (Å²) in [5.74, 6) is -0.100. The Hall–Kier alpha value is -2.05. The molecule has 3 aromatic rings. The predicted octanol–water partition coefficient (Wildman–Crippen LogP) is 4.24. The molecule has 1 aliphatic carbocycles. The van der Waals surface area contributed by atoms with Crippen LogP contribution in [0.2, 0.25) is 0 Å². The first-order valence-corrected chi connectivity index (χ1v) is 9.62. The number of thiazole rings is 2. The number of anilines is 1. The fourth-order valence-electron chi connectivity index (χ4n) is 2.91. The minimum absolute atomic E-state index is 0.100. The molecular formula is C18H17N3OS2. The molecule has 1 aliphatic rings. The van der Waals surface area contributed by atoms with E-state index in [-0.39, 0.29) is 5.91 Å². The van der Waals surface area contributed by atoms with Crippen LogP contribution in [0.1, 0.15) is 42.9 Å². The lowest BCUT2D eigenvalue weighted by molar-refractivity contribution is 0.103. The molecule has 1 amide bonds. The monoisotopic (exact) mass is 355 g/mol. The van der Waals surface area contributed by atoms with Crippen molar-refractivity contribution in [2.45, 2.75) is 32.6 Å². The van der Waals surface area contributed by atoms with E-state index < -0.39 is 0 Å². The molecule has 4 rings (SSSR count).